The largest absolute Gasteiger partial charge is 0.399 e. The highest BCUT2D eigenvalue weighted by Crippen LogP contribution is 2.29. The molecule has 4 amide bonds. The van der Waals surface area contributed by atoms with Gasteiger partial charge in [-0.15, -0.1) is 0 Å². The number of hydrogen-bond donors (Lipinski definition) is 3. The zero-order valence-corrected chi connectivity index (χ0v) is 33.6. The van der Waals surface area contributed by atoms with Crippen molar-refractivity contribution in [2.24, 2.45) is 23.2 Å². The second-order valence-electron chi connectivity index (χ2n) is 15.7. The van der Waals surface area contributed by atoms with Gasteiger partial charge in [-0.3, -0.25) is 24.1 Å². The van der Waals surface area contributed by atoms with E-state index < -0.39 is 57.5 Å². The SMILES string of the molecule is CO[C@H]([C@@H](C)C(=O)NS(=O)(=O)c1ccc(N)cc1)[C@@H]1CCCN1C(=O)/C(C)=C/[C@H](C(C)C)N(C)C(=O)[C@@H](NC(=O)C(C(C)C)N(C)C)C(C)(C)C. The number of carbonyl (C=O) groups is 4. The molecule has 0 aromatic heterocycles. The van der Waals surface area contributed by atoms with Gasteiger partial charge >= 0.3 is 0 Å². The quantitative estimate of drug-likeness (QED) is 0.181. The number of likely N-dealkylation sites (N-methyl/N-ethyl adjacent to an activating group) is 2. The van der Waals surface area contributed by atoms with Gasteiger partial charge in [0.1, 0.15) is 6.04 Å². The number of rotatable bonds is 15. The summed E-state index contributed by atoms with van der Waals surface area (Å²) >= 11 is 0. The number of benzene rings is 1. The van der Waals surface area contributed by atoms with Gasteiger partial charge in [0.05, 0.1) is 35.0 Å². The van der Waals surface area contributed by atoms with Gasteiger partial charge < -0.3 is 25.6 Å². The summed E-state index contributed by atoms with van der Waals surface area (Å²) in [6.07, 6.45) is 2.23. The lowest BCUT2D eigenvalue weighted by molar-refractivity contribution is -0.141. The number of hydrogen-bond acceptors (Lipinski definition) is 9. The molecular weight excluding hydrogens is 673 g/mol. The number of amides is 4. The smallest absolute Gasteiger partial charge is 0.264 e. The predicted molar refractivity (Wildman–Crippen MR) is 200 cm³/mol. The van der Waals surface area contributed by atoms with Crippen molar-refractivity contribution >= 4 is 39.3 Å². The van der Waals surface area contributed by atoms with Crippen LogP contribution >= 0.6 is 0 Å². The average Bonchev–Trinajstić information content (AvgIpc) is 3.50. The molecule has 288 valence electrons. The van der Waals surface area contributed by atoms with E-state index in [1.54, 1.807) is 36.8 Å². The van der Waals surface area contributed by atoms with Crippen LogP contribution in [0.1, 0.15) is 75.2 Å². The fraction of sp³-hybridized carbons (Fsp3) is 0.676. The molecule has 1 unspecified atom stereocenters. The van der Waals surface area contributed by atoms with E-state index in [9.17, 15) is 27.6 Å². The molecule has 0 bridgehead atoms. The normalized spacial score (nSPS) is 18.7. The number of nitrogens with zero attached hydrogens (tertiary/aromatic N) is 3. The molecule has 1 fully saturated rings. The molecule has 51 heavy (non-hydrogen) atoms. The molecule has 0 spiro atoms. The molecule has 1 saturated heterocycles. The number of nitrogens with two attached hydrogens (primary N) is 1. The first kappa shape index (κ1) is 43.7. The van der Waals surface area contributed by atoms with E-state index >= 15 is 0 Å². The van der Waals surface area contributed by atoms with Crippen LogP contribution in [0.25, 0.3) is 0 Å². The van der Waals surface area contributed by atoms with Crippen molar-refractivity contribution in [3.05, 3.63) is 35.9 Å². The molecule has 1 aromatic carbocycles. The Kier molecular flexibility index (Phi) is 15.3. The van der Waals surface area contributed by atoms with Crippen LogP contribution in [0.4, 0.5) is 5.69 Å². The van der Waals surface area contributed by atoms with Crippen LogP contribution in [0.5, 0.6) is 0 Å². The van der Waals surface area contributed by atoms with Crippen LogP contribution in [-0.4, -0.2) is 112 Å². The summed E-state index contributed by atoms with van der Waals surface area (Å²) in [7, 11) is 2.65. The Bertz CT molecular complexity index is 1510. The van der Waals surface area contributed by atoms with Gasteiger partial charge in [0.15, 0.2) is 0 Å². The maximum atomic E-state index is 14.1. The molecule has 4 N–H and O–H groups in total. The number of ether oxygens (including phenoxy) is 1. The Labute approximate surface area is 305 Å². The maximum absolute atomic E-state index is 14.1. The van der Waals surface area contributed by atoms with Gasteiger partial charge in [-0.2, -0.15) is 0 Å². The highest BCUT2D eigenvalue weighted by molar-refractivity contribution is 7.90. The van der Waals surface area contributed by atoms with Crippen LogP contribution in [-0.2, 0) is 33.9 Å². The van der Waals surface area contributed by atoms with Gasteiger partial charge in [-0.25, -0.2) is 13.1 Å². The Morgan fingerprint density at radius 3 is 2.02 bits per heavy atom. The molecule has 1 aliphatic rings. The molecule has 0 aliphatic carbocycles. The molecule has 2 rings (SSSR count). The van der Waals surface area contributed by atoms with Crippen molar-refractivity contribution in [3.8, 4) is 0 Å². The molecular formula is C37H62N6O7S. The van der Waals surface area contributed by atoms with E-state index in [1.165, 1.54) is 31.4 Å². The third-order valence-corrected chi connectivity index (χ3v) is 11.0. The van der Waals surface area contributed by atoms with E-state index in [0.717, 1.165) is 0 Å². The summed E-state index contributed by atoms with van der Waals surface area (Å²) in [5, 5.41) is 3.03. The second-order valence-corrected chi connectivity index (χ2v) is 17.4. The van der Waals surface area contributed by atoms with Crippen LogP contribution in [0, 0.1) is 23.2 Å². The van der Waals surface area contributed by atoms with E-state index in [4.69, 9.17) is 10.5 Å². The lowest BCUT2D eigenvalue weighted by Crippen LogP contribution is -2.59. The highest BCUT2D eigenvalue weighted by atomic mass is 32.2. The Morgan fingerprint density at radius 1 is 0.980 bits per heavy atom. The van der Waals surface area contributed by atoms with Gasteiger partial charge in [-0.05, 0) is 75.4 Å². The minimum atomic E-state index is -4.16. The summed E-state index contributed by atoms with van der Waals surface area (Å²) < 4.78 is 33.7. The van der Waals surface area contributed by atoms with Crippen molar-refractivity contribution in [3.63, 3.8) is 0 Å². The number of nitrogens with one attached hydrogen (secondary N) is 2. The van der Waals surface area contributed by atoms with Crippen LogP contribution in [0.2, 0.25) is 0 Å². The first-order valence-corrected chi connectivity index (χ1v) is 19.1. The third-order valence-electron chi connectivity index (χ3n) is 9.64. The summed E-state index contributed by atoms with van der Waals surface area (Å²) in [4.78, 5) is 59.8. The first-order chi connectivity index (χ1) is 23.5. The molecule has 1 heterocycles. The van der Waals surface area contributed by atoms with Gasteiger partial charge in [0.2, 0.25) is 23.6 Å². The van der Waals surface area contributed by atoms with Crippen molar-refractivity contribution in [2.75, 3.05) is 40.5 Å². The second kappa shape index (κ2) is 17.8. The lowest BCUT2D eigenvalue weighted by atomic mass is 9.84. The summed E-state index contributed by atoms with van der Waals surface area (Å²) in [5.74, 6) is -2.47. The Morgan fingerprint density at radius 2 is 1.55 bits per heavy atom. The fourth-order valence-electron chi connectivity index (χ4n) is 6.83. The zero-order valence-electron chi connectivity index (χ0n) is 32.8. The van der Waals surface area contributed by atoms with Crippen molar-refractivity contribution < 1.29 is 32.3 Å². The number of likely N-dealkylation sites (tertiary alicyclic amines) is 1. The van der Waals surface area contributed by atoms with Crippen LogP contribution in [0.15, 0.2) is 40.8 Å². The van der Waals surface area contributed by atoms with Gasteiger partial charge in [0, 0.05) is 32.0 Å². The first-order valence-electron chi connectivity index (χ1n) is 17.6. The number of methoxy groups -OCH3 is 1. The molecule has 0 saturated carbocycles. The summed E-state index contributed by atoms with van der Waals surface area (Å²) in [5.41, 5.74) is 5.89. The minimum Gasteiger partial charge on any atom is -0.399 e. The number of carbonyl (C=O) groups excluding carboxylic acids is 4. The standard InChI is InChI=1S/C37H62N6O7S/c1-22(2)29(42(12)36(47)32(37(7,8)9)39-34(45)30(23(3)4)41(10)11)21-24(5)35(46)43-20-14-15-28(43)31(50-13)25(6)33(44)40-51(48,49)27-18-16-26(38)17-19-27/h16-19,21-23,25,28-32H,14-15,20,38H2,1-13H3,(H,39,45)(H,40,44)/b24-21+/t25-,28+,29-,30?,31-,32-/m1/s1. The van der Waals surface area contributed by atoms with Crippen LogP contribution < -0.4 is 15.8 Å². The topological polar surface area (TPSA) is 171 Å². The molecule has 6 atom stereocenters. The van der Waals surface area contributed by atoms with E-state index in [1.807, 2.05) is 67.5 Å². The van der Waals surface area contributed by atoms with Crippen molar-refractivity contribution in [1.82, 2.24) is 24.7 Å². The fourth-order valence-corrected chi connectivity index (χ4v) is 7.89. The molecule has 14 heteroatoms. The Balaban J connectivity index is 2.32. The van der Waals surface area contributed by atoms with Crippen molar-refractivity contribution in [2.45, 2.75) is 110 Å². The predicted octanol–water partition coefficient (Wildman–Crippen LogP) is 3.26. The van der Waals surface area contributed by atoms with E-state index in [2.05, 4.69) is 10.0 Å². The number of sulfonamides is 1. The van der Waals surface area contributed by atoms with Gasteiger partial charge in [-0.1, -0.05) is 61.5 Å². The van der Waals surface area contributed by atoms with Gasteiger partial charge in [0.25, 0.3) is 10.0 Å². The summed E-state index contributed by atoms with van der Waals surface area (Å²) in [6.45, 7) is 17.3. The molecule has 0 radical (unpaired) electrons. The molecule has 1 aromatic rings. The monoisotopic (exact) mass is 734 g/mol. The average molecular weight is 735 g/mol. The van der Waals surface area contributed by atoms with E-state index in [0.29, 0.717) is 30.6 Å². The van der Waals surface area contributed by atoms with Crippen molar-refractivity contribution in [1.29, 1.82) is 0 Å². The van der Waals surface area contributed by atoms with E-state index in [-0.39, 0.29) is 34.5 Å². The maximum Gasteiger partial charge on any atom is 0.264 e. The lowest BCUT2D eigenvalue weighted by Gasteiger charge is -2.39. The van der Waals surface area contributed by atoms with Crippen LogP contribution in [0.3, 0.4) is 0 Å². The zero-order chi connectivity index (χ0) is 39.2. The molecule has 13 nitrogen and oxygen atoms in total. The third kappa shape index (κ3) is 11.0. The molecule has 1 aliphatic heterocycles. The summed E-state index contributed by atoms with van der Waals surface area (Å²) in [6, 6.07) is 3.31. The number of anilines is 1. The highest BCUT2D eigenvalue weighted by Gasteiger charge is 2.42. The number of nitrogen functional groups attached to an aromatic ring is 1. The minimum absolute atomic E-state index is 0.0283. The Hall–Kier alpha value is -3.49.